The number of nitrogens with one attached hydrogen (secondary N) is 2. The Kier molecular flexibility index (Phi) is 4.67. The van der Waals surface area contributed by atoms with Crippen LogP contribution >= 0.6 is 12.2 Å². The minimum Gasteiger partial charge on any atom is -0.505 e. The molecule has 0 saturated carbocycles. The normalized spacial score (nSPS) is 10.6. The van der Waals surface area contributed by atoms with Crippen LogP contribution in [0.5, 0.6) is 5.75 Å². The van der Waals surface area contributed by atoms with Crippen LogP contribution in [0, 0.1) is 18.6 Å². The fourth-order valence-electron chi connectivity index (χ4n) is 2.56. The Bertz CT molecular complexity index is 991. The number of aromatic amines is 1. The molecule has 1 aromatic heterocycles. The number of aromatic hydroxyl groups is 1. The van der Waals surface area contributed by atoms with Crippen LogP contribution in [0.3, 0.4) is 0 Å². The molecule has 6 nitrogen and oxygen atoms in total. The molecule has 0 aliphatic carbocycles. The first-order valence-corrected chi connectivity index (χ1v) is 8.17. The molecule has 0 bridgehead atoms. The van der Waals surface area contributed by atoms with Crippen molar-refractivity contribution >= 4 is 23.8 Å². The molecule has 0 radical (unpaired) electrons. The maximum atomic E-state index is 12.4. The van der Waals surface area contributed by atoms with E-state index in [0.717, 1.165) is 11.1 Å². The lowest BCUT2D eigenvalue weighted by Gasteiger charge is -2.11. The lowest BCUT2D eigenvalue weighted by molar-refractivity contribution is -0.116. The van der Waals surface area contributed by atoms with Gasteiger partial charge in [-0.3, -0.25) is 14.5 Å². The number of amides is 1. The summed E-state index contributed by atoms with van der Waals surface area (Å²) < 4.78 is 1.99. The molecule has 128 valence electrons. The van der Waals surface area contributed by atoms with Crippen molar-refractivity contribution < 1.29 is 9.90 Å². The van der Waals surface area contributed by atoms with Crippen molar-refractivity contribution in [3.63, 3.8) is 0 Å². The maximum absolute atomic E-state index is 12.4. The van der Waals surface area contributed by atoms with Gasteiger partial charge in [-0.1, -0.05) is 35.9 Å². The lowest BCUT2D eigenvalue weighted by Crippen LogP contribution is -2.19. The summed E-state index contributed by atoms with van der Waals surface area (Å²) in [5.41, 5.74) is 3.03. The largest absolute Gasteiger partial charge is 0.505 e. The number of para-hydroxylation sites is 1. The second-order valence-electron chi connectivity index (χ2n) is 5.83. The monoisotopic (exact) mass is 354 g/mol. The van der Waals surface area contributed by atoms with E-state index in [1.165, 1.54) is 0 Å². The summed E-state index contributed by atoms with van der Waals surface area (Å²) in [4.78, 5) is 12.4. The molecule has 3 N–H and O–H groups in total. The van der Waals surface area contributed by atoms with Crippen LogP contribution in [0.4, 0.5) is 5.69 Å². The van der Waals surface area contributed by atoms with Crippen molar-refractivity contribution in [1.82, 2.24) is 14.8 Å². The van der Waals surface area contributed by atoms with E-state index in [9.17, 15) is 9.90 Å². The summed E-state index contributed by atoms with van der Waals surface area (Å²) >= 11 is 5.25. The zero-order valence-electron chi connectivity index (χ0n) is 13.9. The molecule has 0 unspecified atom stereocenters. The standard InChI is InChI=1S/C18H18N4O2S/c1-11-5-3-7-13(9-11)17-20-21-18(25)22(17)10-15(23)19-14-8-4-6-12(2)16(14)24/h3-9,24H,10H2,1-2H3,(H,19,23)(H,21,25). The van der Waals surface area contributed by atoms with Gasteiger partial charge in [0.15, 0.2) is 10.6 Å². The molecule has 0 saturated heterocycles. The molecular formula is C18H18N4O2S. The number of benzene rings is 2. The van der Waals surface area contributed by atoms with Gasteiger partial charge in [-0.2, -0.15) is 5.10 Å². The SMILES string of the molecule is Cc1cccc(-c2n[nH]c(=S)n2CC(=O)Nc2cccc(C)c2O)c1. The van der Waals surface area contributed by atoms with Gasteiger partial charge in [-0.25, -0.2) is 0 Å². The number of carbonyl (C=O) groups excluding carboxylic acids is 1. The number of nitrogens with zero attached hydrogens (tertiary/aromatic N) is 2. The van der Waals surface area contributed by atoms with Gasteiger partial charge in [0.2, 0.25) is 5.91 Å². The van der Waals surface area contributed by atoms with Gasteiger partial charge in [0, 0.05) is 5.56 Å². The molecule has 0 fully saturated rings. The van der Waals surface area contributed by atoms with E-state index in [2.05, 4.69) is 15.5 Å². The van der Waals surface area contributed by atoms with E-state index in [4.69, 9.17) is 12.2 Å². The van der Waals surface area contributed by atoms with Crippen LogP contribution in [0.1, 0.15) is 11.1 Å². The van der Waals surface area contributed by atoms with E-state index in [-0.39, 0.29) is 18.2 Å². The Morgan fingerprint density at radius 2 is 2.04 bits per heavy atom. The summed E-state index contributed by atoms with van der Waals surface area (Å²) in [5, 5.41) is 19.7. The smallest absolute Gasteiger partial charge is 0.244 e. The van der Waals surface area contributed by atoms with Gasteiger partial charge >= 0.3 is 0 Å². The summed E-state index contributed by atoms with van der Waals surface area (Å²) in [6.07, 6.45) is 0. The number of hydrogen-bond acceptors (Lipinski definition) is 4. The van der Waals surface area contributed by atoms with E-state index in [0.29, 0.717) is 21.8 Å². The van der Waals surface area contributed by atoms with Crippen LogP contribution in [0.2, 0.25) is 0 Å². The molecular weight excluding hydrogens is 336 g/mol. The van der Waals surface area contributed by atoms with Crippen molar-refractivity contribution in [2.45, 2.75) is 20.4 Å². The summed E-state index contributed by atoms with van der Waals surface area (Å²) in [6, 6.07) is 13.0. The molecule has 0 aliphatic rings. The first kappa shape index (κ1) is 16.9. The summed E-state index contributed by atoms with van der Waals surface area (Å²) in [5.74, 6) is 0.357. The zero-order chi connectivity index (χ0) is 18.0. The Hall–Kier alpha value is -2.93. The molecule has 1 heterocycles. The van der Waals surface area contributed by atoms with Crippen LogP contribution in [-0.4, -0.2) is 25.8 Å². The predicted molar refractivity (Wildman–Crippen MR) is 99.1 cm³/mol. The first-order valence-electron chi connectivity index (χ1n) is 7.76. The number of aryl methyl sites for hydroxylation is 2. The molecule has 0 spiro atoms. The fourth-order valence-corrected chi connectivity index (χ4v) is 2.76. The Morgan fingerprint density at radius 3 is 2.80 bits per heavy atom. The number of phenolic OH excluding ortho intramolecular Hbond substituents is 1. The van der Waals surface area contributed by atoms with Gasteiger partial charge in [-0.15, -0.1) is 0 Å². The summed E-state index contributed by atoms with van der Waals surface area (Å²) in [7, 11) is 0. The van der Waals surface area contributed by atoms with Gasteiger partial charge in [0.25, 0.3) is 0 Å². The van der Waals surface area contributed by atoms with Gasteiger partial charge < -0.3 is 10.4 Å². The van der Waals surface area contributed by atoms with E-state index in [1.807, 2.05) is 31.2 Å². The van der Waals surface area contributed by atoms with Crippen LogP contribution in [0.15, 0.2) is 42.5 Å². The van der Waals surface area contributed by atoms with Gasteiger partial charge in [0.1, 0.15) is 12.3 Å². The average molecular weight is 354 g/mol. The van der Waals surface area contributed by atoms with Crippen LogP contribution in [-0.2, 0) is 11.3 Å². The Labute approximate surface area is 150 Å². The molecule has 1 amide bonds. The zero-order valence-corrected chi connectivity index (χ0v) is 14.7. The maximum Gasteiger partial charge on any atom is 0.244 e. The van der Waals surface area contributed by atoms with Gasteiger partial charge in [-0.05, 0) is 43.8 Å². The highest BCUT2D eigenvalue weighted by molar-refractivity contribution is 7.71. The minimum atomic E-state index is -0.299. The number of phenols is 1. The highest BCUT2D eigenvalue weighted by Crippen LogP contribution is 2.26. The molecule has 3 aromatic rings. The topological polar surface area (TPSA) is 82.9 Å². The van der Waals surface area contributed by atoms with Crippen LogP contribution in [0.25, 0.3) is 11.4 Å². The lowest BCUT2D eigenvalue weighted by atomic mass is 10.1. The second-order valence-corrected chi connectivity index (χ2v) is 6.21. The third kappa shape index (κ3) is 3.61. The van der Waals surface area contributed by atoms with E-state index >= 15 is 0 Å². The first-order chi connectivity index (χ1) is 12.0. The third-order valence-electron chi connectivity index (χ3n) is 3.85. The van der Waals surface area contributed by atoms with Crippen molar-refractivity contribution in [3.05, 3.63) is 58.4 Å². The highest BCUT2D eigenvalue weighted by atomic mass is 32.1. The number of hydrogen-bond donors (Lipinski definition) is 3. The minimum absolute atomic E-state index is 0.00795. The number of carbonyl (C=O) groups is 1. The number of H-pyrrole nitrogens is 1. The van der Waals surface area contributed by atoms with Gasteiger partial charge in [0.05, 0.1) is 5.69 Å². The van der Waals surface area contributed by atoms with Crippen LogP contribution < -0.4 is 5.32 Å². The second kappa shape index (κ2) is 6.90. The summed E-state index contributed by atoms with van der Waals surface area (Å²) in [6.45, 7) is 3.75. The average Bonchev–Trinajstić information content (AvgIpc) is 2.93. The number of anilines is 1. The molecule has 3 rings (SSSR count). The molecule has 25 heavy (non-hydrogen) atoms. The molecule has 2 aromatic carbocycles. The number of rotatable bonds is 4. The van der Waals surface area contributed by atoms with Crippen molar-refractivity contribution in [1.29, 1.82) is 0 Å². The Balaban J connectivity index is 1.86. The van der Waals surface area contributed by atoms with E-state index in [1.54, 1.807) is 29.7 Å². The Morgan fingerprint density at radius 1 is 1.28 bits per heavy atom. The molecule has 7 heteroatoms. The fraction of sp³-hybridized carbons (Fsp3) is 0.167. The molecule has 0 atom stereocenters. The number of aromatic nitrogens is 3. The van der Waals surface area contributed by atoms with Crippen molar-refractivity contribution in [3.8, 4) is 17.1 Å². The molecule has 0 aliphatic heterocycles. The highest BCUT2D eigenvalue weighted by Gasteiger charge is 2.14. The predicted octanol–water partition coefficient (Wildman–Crippen LogP) is 3.57. The van der Waals surface area contributed by atoms with E-state index < -0.39 is 0 Å². The third-order valence-corrected chi connectivity index (χ3v) is 4.16. The van der Waals surface area contributed by atoms with Crippen molar-refractivity contribution in [2.24, 2.45) is 0 Å². The van der Waals surface area contributed by atoms with Crippen molar-refractivity contribution in [2.75, 3.05) is 5.32 Å². The quantitative estimate of drug-likeness (QED) is 0.494.